The predicted molar refractivity (Wildman–Crippen MR) is 93.5 cm³/mol. The molecule has 0 spiro atoms. The van der Waals surface area contributed by atoms with E-state index in [1.165, 1.54) is 11.8 Å². The molecule has 2 heterocycles. The van der Waals surface area contributed by atoms with Gasteiger partial charge in [-0.05, 0) is 19.3 Å². The van der Waals surface area contributed by atoms with Crippen molar-refractivity contribution >= 4 is 23.6 Å². The van der Waals surface area contributed by atoms with Crippen LogP contribution in [0.5, 0.6) is 5.75 Å². The molecule has 1 aromatic heterocycles. The molecule has 1 aromatic rings. The molecule has 8 heteroatoms. The van der Waals surface area contributed by atoms with Crippen LogP contribution >= 0.6 is 11.8 Å². The lowest BCUT2D eigenvalue weighted by molar-refractivity contribution is -0.117. The van der Waals surface area contributed by atoms with E-state index in [0.29, 0.717) is 0 Å². The van der Waals surface area contributed by atoms with Gasteiger partial charge in [-0.3, -0.25) is 9.59 Å². The highest BCUT2D eigenvalue weighted by Crippen LogP contribution is 2.26. The smallest absolute Gasteiger partial charge is 0.340 e. The highest BCUT2D eigenvalue weighted by Gasteiger charge is 2.30. The fourth-order valence-corrected chi connectivity index (χ4v) is 3.99. The van der Waals surface area contributed by atoms with Crippen LogP contribution in [0.1, 0.15) is 42.7 Å². The number of nitrogens with one attached hydrogen (secondary N) is 2. The Bertz CT molecular complexity index is 758. The second-order valence-electron chi connectivity index (χ2n) is 6.15. The van der Waals surface area contributed by atoms with Crippen molar-refractivity contribution in [2.75, 3.05) is 5.75 Å². The Morgan fingerprint density at radius 1 is 1.12 bits per heavy atom. The number of hydrogen-bond acceptors (Lipinski definition) is 6. The Morgan fingerprint density at radius 3 is 2.40 bits per heavy atom. The molecule has 2 aliphatic rings. The summed E-state index contributed by atoms with van der Waals surface area (Å²) in [6, 6.07) is 1.58. The summed E-state index contributed by atoms with van der Waals surface area (Å²) < 4.78 is 4.83. The average molecular weight is 364 g/mol. The van der Waals surface area contributed by atoms with Gasteiger partial charge in [0.1, 0.15) is 5.75 Å². The Kier molecular flexibility index (Phi) is 5.47. The number of carbonyl (C=O) groups is 2. The summed E-state index contributed by atoms with van der Waals surface area (Å²) in [4.78, 5) is 36.6. The number of aromatic hydroxyl groups is 1. The first-order valence-corrected chi connectivity index (χ1v) is 9.30. The number of hydrogen-bond donors (Lipinski definition) is 3. The summed E-state index contributed by atoms with van der Waals surface area (Å²) >= 11 is 1.54. The Labute approximate surface area is 148 Å². The van der Waals surface area contributed by atoms with E-state index in [4.69, 9.17) is 4.42 Å². The predicted octanol–water partition coefficient (Wildman–Crippen LogP) is 1.52. The van der Waals surface area contributed by atoms with Crippen molar-refractivity contribution in [3.63, 3.8) is 0 Å². The van der Waals surface area contributed by atoms with Gasteiger partial charge in [0.25, 0.3) is 11.8 Å². The van der Waals surface area contributed by atoms with Gasteiger partial charge in [0.15, 0.2) is 5.76 Å². The third-order valence-corrected chi connectivity index (χ3v) is 5.41. The number of carbonyl (C=O) groups excluding carboxylic acids is 2. The van der Waals surface area contributed by atoms with Crippen LogP contribution in [0.2, 0.25) is 0 Å². The number of rotatable bonds is 4. The van der Waals surface area contributed by atoms with Gasteiger partial charge in [0.2, 0.25) is 0 Å². The molecule has 1 aliphatic heterocycles. The van der Waals surface area contributed by atoms with E-state index in [2.05, 4.69) is 10.6 Å². The highest BCUT2D eigenvalue weighted by atomic mass is 32.2. The van der Waals surface area contributed by atoms with Crippen molar-refractivity contribution < 1.29 is 19.1 Å². The zero-order valence-electron chi connectivity index (χ0n) is 13.6. The zero-order valence-corrected chi connectivity index (χ0v) is 14.4. The van der Waals surface area contributed by atoms with Gasteiger partial charge >= 0.3 is 5.63 Å². The molecule has 0 aromatic carbocycles. The standard InChI is InChI=1S/C17H20N2O5S/c20-10-8-13(24-15(21)9-10)16(22)18-11-4-1-2-5-12(11)19-17(23)14-6-3-7-25-14/h6,8-9,11-12,20H,1-5,7H2,(H,18,22)(H,19,23)/t11-,12-/m0/s1. The van der Waals surface area contributed by atoms with E-state index in [1.54, 1.807) is 0 Å². The first-order chi connectivity index (χ1) is 12.0. The summed E-state index contributed by atoms with van der Waals surface area (Å²) in [5, 5.41) is 15.3. The van der Waals surface area contributed by atoms with Crippen molar-refractivity contribution in [2.45, 2.75) is 44.2 Å². The van der Waals surface area contributed by atoms with E-state index in [0.717, 1.165) is 54.9 Å². The van der Waals surface area contributed by atoms with E-state index in [1.807, 2.05) is 6.08 Å². The minimum atomic E-state index is -0.788. The van der Waals surface area contributed by atoms with Gasteiger partial charge in [-0.1, -0.05) is 18.9 Å². The molecule has 0 radical (unpaired) electrons. The third-order valence-electron chi connectivity index (χ3n) is 4.31. The number of allylic oxidation sites excluding steroid dienone is 1. The van der Waals surface area contributed by atoms with E-state index in [9.17, 15) is 19.5 Å². The van der Waals surface area contributed by atoms with Crippen molar-refractivity contribution in [3.8, 4) is 5.75 Å². The van der Waals surface area contributed by atoms with Crippen LogP contribution in [-0.2, 0) is 4.79 Å². The molecule has 1 fully saturated rings. The first kappa shape index (κ1) is 17.6. The van der Waals surface area contributed by atoms with Gasteiger partial charge in [0, 0.05) is 23.9 Å². The van der Waals surface area contributed by atoms with Gasteiger partial charge in [0.05, 0.1) is 11.0 Å². The molecule has 25 heavy (non-hydrogen) atoms. The number of thioether (sulfide) groups is 1. The maximum atomic E-state index is 12.3. The normalized spacial score (nSPS) is 23.0. The minimum Gasteiger partial charge on any atom is -0.508 e. The van der Waals surface area contributed by atoms with Crippen molar-refractivity contribution in [1.82, 2.24) is 10.6 Å². The molecule has 2 amide bonds. The van der Waals surface area contributed by atoms with Crippen LogP contribution < -0.4 is 16.3 Å². The lowest BCUT2D eigenvalue weighted by atomic mass is 9.90. The van der Waals surface area contributed by atoms with Crippen LogP contribution in [0.15, 0.2) is 32.3 Å². The summed E-state index contributed by atoms with van der Waals surface area (Å²) in [7, 11) is 0. The molecule has 0 unspecified atom stereocenters. The quantitative estimate of drug-likeness (QED) is 0.747. The first-order valence-electron chi connectivity index (χ1n) is 8.32. The fourth-order valence-electron chi connectivity index (χ4n) is 3.11. The molecule has 0 bridgehead atoms. The molecule has 0 saturated heterocycles. The molecule has 1 saturated carbocycles. The molecule has 3 rings (SSSR count). The van der Waals surface area contributed by atoms with Crippen LogP contribution in [-0.4, -0.2) is 34.8 Å². The summed E-state index contributed by atoms with van der Waals surface area (Å²) in [5.74, 6) is -0.314. The molecule has 1 aliphatic carbocycles. The lowest BCUT2D eigenvalue weighted by Crippen LogP contribution is -2.53. The van der Waals surface area contributed by atoms with Crippen LogP contribution in [0, 0.1) is 0 Å². The summed E-state index contributed by atoms with van der Waals surface area (Å²) in [5.41, 5.74) is -0.788. The minimum absolute atomic E-state index is 0.0995. The lowest BCUT2D eigenvalue weighted by Gasteiger charge is -2.32. The van der Waals surface area contributed by atoms with Gasteiger partial charge in [-0.2, -0.15) is 0 Å². The molecular formula is C17H20N2O5S. The molecule has 7 nitrogen and oxygen atoms in total. The maximum absolute atomic E-state index is 12.3. The topological polar surface area (TPSA) is 109 Å². The van der Waals surface area contributed by atoms with Crippen LogP contribution in [0.4, 0.5) is 0 Å². The largest absolute Gasteiger partial charge is 0.508 e. The van der Waals surface area contributed by atoms with Crippen LogP contribution in [0.25, 0.3) is 0 Å². The summed E-state index contributed by atoms with van der Waals surface area (Å²) in [6.07, 6.45) is 6.25. The molecule has 2 atom stereocenters. The van der Waals surface area contributed by atoms with E-state index >= 15 is 0 Å². The Morgan fingerprint density at radius 2 is 1.80 bits per heavy atom. The van der Waals surface area contributed by atoms with Gasteiger partial charge < -0.3 is 20.2 Å². The Hall–Kier alpha value is -2.22. The highest BCUT2D eigenvalue weighted by molar-refractivity contribution is 8.04. The second kappa shape index (κ2) is 7.77. The van der Waals surface area contributed by atoms with Crippen molar-refractivity contribution in [1.29, 1.82) is 0 Å². The van der Waals surface area contributed by atoms with Crippen molar-refractivity contribution in [3.05, 3.63) is 39.3 Å². The molecule has 3 N–H and O–H groups in total. The van der Waals surface area contributed by atoms with Gasteiger partial charge in [-0.25, -0.2) is 4.79 Å². The fraction of sp³-hybridized carbons (Fsp3) is 0.471. The Balaban J connectivity index is 1.67. The maximum Gasteiger partial charge on any atom is 0.340 e. The number of amides is 2. The molecular weight excluding hydrogens is 344 g/mol. The monoisotopic (exact) mass is 364 g/mol. The van der Waals surface area contributed by atoms with Crippen molar-refractivity contribution in [2.24, 2.45) is 0 Å². The van der Waals surface area contributed by atoms with E-state index < -0.39 is 11.5 Å². The average Bonchev–Trinajstić information content (AvgIpc) is 3.10. The molecule has 134 valence electrons. The summed E-state index contributed by atoms with van der Waals surface area (Å²) in [6.45, 7) is 0. The second-order valence-corrected chi connectivity index (χ2v) is 7.29. The van der Waals surface area contributed by atoms with Gasteiger partial charge in [-0.15, -0.1) is 11.8 Å². The SMILES string of the molecule is O=C(N[C@H]1CCCC[C@@H]1NC(=O)c1cc(O)cc(=O)o1)C1=CCCS1. The van der Waals surface area contributed by atoms with Crippen LogP contribution in [0.3, 0.4) is 0 Å². The van der Waals surface area contributed by atoms with E-state index in [-0.39, 0.29) is 29.5 Å². The third kappa shape index (κ3) is 4.45. The zero-order chi connectivity index (χ0) is 17.8.